The lowest BCUT2D eigenvalue weighted by Crippen LogP contribution is -2.12. The van der Waals surface area contributed by atoms with Crippen LogP contribution in [0, 0.1) is 6.92 Å². The molecule has 0 bridgehead atoms. The van der Waals surface area contributed by atoms with E-state index in [-0.39, 0.29) is 12.0 Å². The van der Waals surface area contributed by atoms with Crippen LogP contribution in [0.1, 0.15) is 53.1 Å². The molecule has 3 aromatic rings. The van der Waals surface area contributed by atoms with Gasteiger partial charge in [-0.05, 0) is 50.1 Å². The molecule has 144 valence electrons. The van der Waals surface area contributed by atoms with Gasteiger partial charge in [0.25, 0.3) is 0 Å². The average Bonchev–Trinajstić information content (AvgIpc) is 2.70. The number of esters is 1. The van der Waals surface area contributed by atoms with Crippen molar-refractivity contribution in [2.75, 3.05) is 6.61 Å². The fourth-order valence-electron chi connectivity index (χ4n) is 3.06. The smallest absolute Gasteiger partial charge is 0.338 e. The van der Waals surface area contributed by atoms with Crippen LogP contribution in [-0.4, -0.2) is 12.6 Å². The van der Waals surface area contributed by atoms with Crippen molar-refractivity contribution in [2.24, 2.45) is 0 Å². The molecular formula is C24H24O4. The number of hydrogen-bond acceptors (Lipinski definition) is 4. The topological polar surface area (TPSA) is 56.5 Å². The molecule has 0 amide bonds. The van der Waals surface area contributed by atoms with E-state index < -0.39 is 5.97 Å². The van der Waals surface area contributed by atoms with Crippen molar-refractivity contribution >= 4 is 29.1 Å². The summed E-state index contributed by atoms with van der Waals surface area (Å²) in [6.45, 7) is 6.10. The largest absolute Gasteiger partial charge is 0.462 e. The van der Waals surface area contributed by atoms with Gasteiger partial charge in [-0.2, -0.15) is 0 Å². The Kier molecular flexibility index (Phi) is 6.09. The fourth-order valence-corrected chi connectivity index (χ4v) is 3.06. The van der Waals surface area contributed by atoms with E-state index in [4.69, 9.17) is 9.15 Å². The van der Waals surface area contributed by atoms with Crippen molar-refractivity contribution < 1.29 is 13.9 Å². The number of ether oxygens (including phenoxy) is 1. The molecule has 0 N–H and O–H groups in total. The molecule has 0 unspecified atom stereocenters. The Bertz CT molecular complexity index is 1070. The summed E-state index contributed by atoms with van der Waals surface area (Å²) in [5.41, 5.74) is 3.57. The number of benzene rings is 2. The quantitative estimate of drug-likeness (QED) is 0.541. The Morgan fingerprint density at radius 1 is 1.07 bits per heavy atom. The molecule has 0 atom stereocenters. The number of aryl methyl sites for hydroxylation is 1. The molecule has 0 fully saturated rings. The van der Waals surface area contributed by atoms with E-state index in [0.29, 0.717) is 34.3 Å². The third-order valence-corrected chi connectivity index (χ3v) is 4.53. The van der Waals surface area contributed by atoms with Crippen molar-refractivity contribution in [1.82, 2.24) is 0 Å². The maximum Gasteiger partial charge on any atom is 0.338 e. The van der Waals surface area contributed by atoms with Gasteiger partial charge in [0.05, 0.1) is 17.6 Å². The predicted molar refractivity (Wildman–Crippen MR) is 113 cm³/mol. The second-order valence-electron chi connectivity index (χ2n) is 6.70. The Morgan fingerprint density at radius 3 is 2.50 bits per heavy atom. The van der Waals surface area contributed by atoms with Gasteiger partial charge < -0.3 is 9.15 Å². The lowest BCUT2D eigenvalue weighted by molar-refractivity contribution is 0.0526. The first-order valence-corrected chi connectivity index (χ1v) is 9.55. The highest BCUT2D eigenvalue weighted by molar-refractivity contribution is 5.94. The second kappa shape index (κ2) is 8.70. The number of carbonyl (C=O) groups excluding carboxylic acids is 1. The van der Waals surface area contributed by atoms with E-state index in [0.717, 1.165) is 12.0 Å². The standard InChI is InChI=1S/C24H24O4/c1-4-6-19-21(13-11-17-9-7-16(3)8-10-17)28-22-14-12-18(24(26)27-5-2)15-20(22)23(19)25/h7-15H,4-6H2,1-3H3. The van der Waals surface area contributed by atoms with Crippen molar-refractivity contribution in [2.45, 2.75) is 33.6 Å². The van der Waals surface area contributed by atoms with Gasteiger partial charge in [0, 0.05) is 5.56 Å². The first-order chi connectivity index (χ1) is 13.5. The summed E-state index contributed by atoms with van der Waals surface area (Å²) >= 11 is 0. The van der Waals surface area contributed by atoms with Gasteiger partial charge in [0.15, 0.2) is 5.43 Å². The summed E-state index contributed by atoms with van der Waals surface area (Å²) in [7, 11) is 0. The monoisotopic (exact) mass is 376 g/mol. The van der Waals surface area contributed by atoms with Gasteiger partial charge in [-0.15, -0.1) is 0 Å². The molecule has 1 aromatic heterocycles. The predicted octanol–water partition coefficient (Wildman–Crippen LogP) is 5.40. The van der Waals surface area contributed by atoms with Crippen LogP contribution >= 0.6 is 0 Å². The number of rotatable bonds is 6. The summed E-state index contributed by atoms with van der Waals surface area (Å²) < 4.78 is 11.1. The second-order valence-corrected chi connectivity index (χ2v) is 6.70. The summed E-state index contributed by atoms with van der Waals surface area (Å²) in [4.78, 5) is 25.1. The van der Waals surface area contributed by atoms with Gasteiger partial charge in [0.2, 0.25) is 0 Å². The van der Waals surface area contributed by atoms with E-state index in [1.54, 1.807) is 25.1 Å². The molecule has 4 nitrogen and oxygen atoms in total. The molecule has 0 saturated heterocycles. The van der Waals surface area contributed by atoms with Crippen LogP contribution < -0.4 is 5.43 Å². The van der Waals surface area contributed by atoms with Crippen LogP contribution in [0.15, 0.2) is 51.7 Å². The van der Waals surface area contributed by atoms with Crippen molar-refractivity contribution in [1.29, 1.82) is 0 Å². The average molecular weight is 376 g/mol. The number of carbonyl (C=O) groups is 1. The Morgan fingerprint density at radius 2 is 1.82 bits per heavy atom. The van der Waals surface area contributed by atoms with E-state index in [1.807, 2.05) is 50.3 Å². The molecule has 28 heavy (non-hydrogen) atoms. The minimum atomic E-state index is -0.441. The molecule has 0 spiro atoms. The van der Waals surface area contributed by atoms with Gasteiger partial charge in [0.1, 0.15) is 11.3 Å². The molecular weight excluding hydrogens is 352 g/mol. The van der Waals surface area contributed by atoms with E-state index in [1.165, 1.54) is 5.56 Å². The third-order valence-electron chi connectivity index (χ3n) is 4.53. The minimum absolute atomic E-state index is 0.0993. The van der Waals surface area contributed by atoms with E-state index >= 15 is 0 Å². The van der Waals surface area contributed by atoms with Crippen LogP contribution in [0.4, 0.5) is 0 Å². The molecule has 4 heteroatoms. The molecule has 0 radical (unpaired) electrons. The van der Waals surface area contributed by atoms with Crippen LogP contribution in [0.25, 0.3) is 23.1 Å². The summed E-state index contributed by atoms with van der Waals surface area (Å²) in [5, 5.41) is 0.404. The third kappa shape index (κ3) is 4.22. The molecule has 2 aromatic carbocycles. The molecule has 1 heterocycles. The molecule has 0 aliphatic heterocycles. The van der Waals surface area contributed by atoms with E-state index in [2.05, 4.69) is 0 Å². The molecule has 3 rings (SSSR count). The van der Waals surface area contributed by atoms with E-state index in [9.17, 15) is 9.59 Å². The van der Waals surface area contributed by atoms with Crippen molar-refractivity contribution in [3.63, 3.8) is 0 Å². The normalized spacial score (nSPS) is 11.2. The highest BCUT2D eigenvalue weighted by Gasteiger charge is 2.15. The highest BCUT2D eigenvalue weighted by atomic mass is 16.5. The van der Waals surface area contributed by atoms with Crippen LogP contribution in [0.3, 0.4) is 0 Å². The summed E-state index contributed by atoms with van der Waals surface area (Å²) in [5.74, 6) is 0.119. The molecule has 0 aliphatic carbocycles. The van der Waals surface area contributed by atoms with Crippen LogP contribution in [0.5, 0.6) is 0 Å². The van der Waals surface area contributed by atoms with Gasteiger partial charge in [-0.25, -0.2) is 4.79 Å². The maximum atomic E-state index is 13.1. The Hall–Kier alpha value is -3.14. The minimum Gasteiger partial charge on any atom is -0.462 e. The fraction of sp³-hybridized carbons (Fsp3) is 0.250. The Labute approximate surface area is 164 Å². The van der Waals surface area contributed by atoms with Gasteiger partial charge in [-0.1, -0.05) is 49.2 Å². The number of fused-ring (bicyclic) bond motifs is 1. The zero-order valence-electron chi connectivity index (χ0n) is 16.5. The SMILES string of the molecule is CCCc1c(C=Cc2ccc(C)cc2)oc2ccc(C(=O)OCC)cc2c1=O. The maximum absolute atomic E-state index is 13.1. The van der Waals surface area contributed by atoms with Crippen LogP contribution in [-0.2, 0) is 11.2 Å². The van der Waals surface area contributed by atoms with Crippen molar-refractivity contribution in [3.05, 3.63) is 80.7 Å². The zero-order chi connectivity index (χ0) is 20.1. The molecule has 0 saturated carbocycles. The number of hydrogen-bond donors (Lipinski definition) is 0. The lowest BCUT2D eigenvalue weighted by atomic mass is 10.0. The highest BCUT2D eigenvalue weighted by Crippen LogP contribution is 2.21. The van der Waals surface area contributed by atoms with Crippen LogP contribution in [0.2, 0.25) is 0 Å². The summed E-state index contributed by atoms with van der Waals surface area (Å²) in [6.07, 6.45) is 5.21. The zero-order valence-corrected chi connectivity index (χ0v) is 16.5. The lowest BCUT2D eigenvalue weighted by Gasteiger charge is -2.08. The first-order valence-electron chi connectivity index (χ1n) is 9.55. The Balaban J connectivity index is 2.08. The summed E-state index contributed by atoms with van der Waals surface area (Å²) in [6, 6.07) is 13.0. The van der Waals surface area contributed by atoms with Crippen molar-refractivity contribution in [3.8, 4) is 0 Å². The molecule has 0 aliphatic rings. The first kappa shape index (κ1) is 19.6. The van der Waals surface area contributed by atoms with Gasteiger partial charge in [-0.3, -0.25) is 4.79 Å². The van der Waals surface area contributed by atoms with Gasteiger partial charge >= 0.3 is 5.97 Å².